The zero-order chi connectivity index (χ0) is 14.1. The summed E-state index contributed by atoms with van der Waals surface area (Å²) in [5, 5.41) is 0. The van der Waals surface area contributed by atoms with Crippen LogP contribution in [0.2, 0.25) is 0 Å². The lowest BCUT2D eigenvalue weighted by molar-refractivity contribution is -0.650. The summed E-state index contributed by atoms with van der Waals surface area (Å²) in [6.07, 6.45) is 2.07. The van der Waals surface area contributed by atoms with Crippen molar-refractivity contribution in [1.82, 2.24) is 4.40 Å². The number of benzene rings is 1. The fraction of sp³-hybridized carbons (Fsp3) is 0.235. The number of ether oxygens (including phenoxy) is 1. The Hall–Kier alpha value is -2.29. The van der Waals surface area contributed by atoms with E-state index in [4.69, 9.17) is 4.74 Å². The van der Waals surface area contributed by atoms with Crippen LogP contribution in [0, 0.1) is 13.8 Å². The number of pyridine rings is 1. The second kappa shape index (κ2) is 5.00. The second-order valence-corrected chi connectivity index (χ2v) is 5.09. The maximum absolute atomic E-state index is 5.88. The van der Waals surface area contributed by atoms with Gasteiger partial charge < -0.3 is 4.74 Å². The summed E-state index contributed by atoms with van der Waals surface area (Å²) in [7, 11) is 2.08. The molecular weight excluding hydrogens is 248 g/mol. The van der Waals surface area contributed by atoms with E-state index in [2.05, 4.69) is 54.3 Å². The predicted molar refractivity (Wildman–Crippen MR) is 78.8 cm³/mol. The molecule has 0 unspecified atom stereocenters. The van der Waals surface area contributed by atoms with Gasteiger partial charge in [0.1, 0.15) is 29.9 Å². The highest BCUT2D eigenvalue weighted by Gasteiger charge is 2.16. The molecule has 0 bridgehead atoms. The fourth-order valence-electron chi connectivity index (χ4n) is 2.43. The molecule has 3 rings (SSSR count). The SMILES string of the molecule is Cc1c(C)[n+](C)c2cc(OCc3ccccc3)ccn12. The lowest BCUT2D eigenvalue weighted by atomic mass is 10.2. The Morgan fingerprint density at radius 1 is 1.10 bits per heavy atom. The fourth-order valence-corrected chi connectivity index (χ4v) is 2.43. The number of hydrogen-bond acceptors (Lipinski definition) is 1. The zero-order valence-corrected chi connectivity index (χ0v) is 12.1. The van der Waals surface area contributed by atoms with Crippen LogP contribution in [0.25, 0.3) is 5.65 Å². The third kappa shape index (κ3) is 2.16. The molecule has 3 nitrogen and oxygen atoms in total. The van der Waals surface area contributed by atoms with Crippen molar-refractivity contribution < 1.29 is 9.30 Å². The summed E-state index contributed by atoms with van der Waals surface area (Å²) < 4.78 is 10.2. The summed E-state index contributed by atoms with van der Waals surface area (Å²) in [5.41, 5.74) is 4.85. The van der Waals surface area contributed by atoms with E-state index in [1.165, 1.54) is 17.0 Å². The van der Waals surface area contributed by atoms with E-state index in [0.29, 0.717) is 6.61 Å². The number of aryl methyl sites for hydroxylation is 2. The standard InChI is InChI=1S/C17H19N2O/c1-13-14(2)19-10-9-16(11-17(19)18(13)3)20-12-15-7-5-4-6-8-15/h4-11H,12H2,1-3H3/q+1. The van der Waals surface area contributed by atoms with Crippen LogP contribution in [-0.2, 0) is 13.7 Å². The number of imidazole rings is 1. The molecule has 0 aliphatic heterocycles. The third-order valence-corrected chi connectivity index (χ3v) is 3.89. The summed E-state index contributed by atoms with van der Waals surface area (Å²) in [5.74, 6) is 0.898. The number of nitrogens with zero attached hydrogens (tertiary/aromatic N) is 2. The average Bonchev–Trinajstić information content (AvgIpc) is 2.71. The van der Waals surface area contributed by atoms with Crippen molar-refractivity contribution in [3.63, 3.8) is 0 Å². The molecule has 0 N–H and O–H groups in total. The molecule has 3 heteroatoms. The van der Waals surface area contributed by atoms with Gasteiger partial charge in [0.25, 0.3) is 5.65 Å². The molecule has 20 heavy (non-hydrogen) atoms. The Labute approximate surface area is 119 Å². The molecule has 0 radical (unpaired) electrons. The van der Waals surface area contributed by atoms with Gasteiger partial charge >= 0.3 is 0 Å². The van der Waals surface area contributed by atoms with E-state index < -0.39 is 0 Å². The molecule has 0 atom stereocenters. The van der Waals surface area contributed by atoms with Crippen LogP contribution >= 0.6 is 0 Å². The molecule has 3 aromatic rings. The number of rotatable bonds is 3. The van der Waals surface area contributed by atoms with Crippen molar-refractivity contribution in [3.05, 3.63) is 65.6 Å². The van der Waals surface area contributed by atoms with Gasteiger partial charge in [0.2, 0.25) is 0 Å². The van der Waals surface area contributed by atoms with E-state index in [-0.39, 0.29) is 0 Å². The average molecular weight is 267 g/mol. The summed E-state index contributed by atoms with van der Waals surface area (Å²) in [6.45, 7) is 4.86. The Balaban J connectivity index is 1.88. The summed E-state index contributed by atoms with van der Waals surface area (Å²) in [4.78, 5) is 0. The summed E-state index contributed by atoms with van der Waals surface area (Å²) in [6, 6.07) is 14.3. The van der Waals surface area contributed by atoms with Crippen molar-refractivity contribution in [3.8, 4) is 5.75 Å². The molecule has 0 aliphatic carbocycles. The smallest absolute Gasteiger partial charge is 0.290 e. The first kappa shape index (κ1) is 12.7. The summed E-state index contributed by atoms with van der Waals surface area (Å²) >= 11 is 0. The Bertz CT molecular complexity index is 745. The van der Waals surface area contributed by atoms with E-state index in [1.807, 2.05) is 24.3 Å². The second-order valence-electron chi connectivity index (χ2n) is 5.09. The molecule has 0 aliphatic rings. The lowest BCUT2D eigenvalue weighted by Crippen LogP contribution is -2.29. The van der Waals surface area contributed by atoms with Crippen molar-refractivity contribution in [2.75, 3.05) is 0 Å². The van der Waals surface area contributed by atoms with Gasteiger partial charge in [0.15, 0.2) is 0 Å². The van der Waals surface area contributed by atoms with Crippen molar-refractivity contribution in [2.24, 2.45) is 7.05 Å². The Kier molecular flexibility index (Phi) is 3.18. The molecule has 2 aromatic heterocycles. The quantitative estimate of drug-likeness (QED) is 0.667. The van der Waals surface area contributed by atoms with Crippen molar-refractivity contribution >= 4 is 5.65 Å². The van der Waals surface area contributed by atoms with Gasteiger partial charge in [-0.2, -0.15) is 4.40 Å². The molecule has 0 fully saturated rings. The molecule has 0 amide bonds. The van der Waals surface area contributed by atoms with Gasteiger partial charge in [-0.25, -0.2) is 4.57 Å². The molecular formula is C17H19N2O+. The van der Waals surface area contributed by atoms with E-state index in [1.54, 1.807) is 0 Å². The topological polar surface area (TPSA) is 17.5 Å². The van der Waals surface area contributed by atoms with Crippen LogP contribution in [-0.4, -0.2) is 4.40 Å². The maximum Gasteiger partial charge on any atom is 0.290 e. The van der Waals surface area contributed by atoms with Gasteiger partial charge in [-0.05, 0) is 5.56 Å². The minimum absolute atomic E-state index is 0.597. The molecule has 2 heterocycles. The zero-order valence-electron chi connectivity index (χ0n) is 12.1. The largest absolute Gasteiger partial charge is 0.488 e. The molecule has 0 saturated carbocycles. The van der Waals surface area contributed by atoms with Crippen LogP contribution < -0.4 is 9.30 Å². The first-order valence-electron chi connectivity index (χ1n) is 6.81. The predicted octanol–water partition coefficient (Wildman–Crippen LogP) is 2.96. The monoisotopic (exact) mass is 267 g/mol. The van der Waals surface area contributed by atoms with Gasteiger partial charge in [-0.15, -0.1) is 0 Å². The number of aromatic nitrogens is 2. The van der Waals surface area contributed by atoms with E-state index in [0.717, 1.165) is 11.4 Å². The van der Waals surface area contributed by atoms with Crippen molar-refractivity contribution in [1.29, 1.82) is 0 Å². The van der Waals surface area contributed by atoms with Gasteiger partial charge in [-0.3, -0.25) is 0 Å². The van der Waals surface area contributed by atoms with E-state index in [9.17, 15) is 0 Å². The first-order chi connectivity index (χ1) is 9.66. The van der Waals surface area contributed by atoms with E-state index >= 15 is 0 Å². The number of fused-ring (bicyclic) bond motifs is 1. The lowest BCUT2D eigenvalue weighted by Gasteiger charge is -2.05. The van der Waals surface area contributed by atoms with Crippen LogP contribution in [0.15, 0.2) is 48.7 Å². The van der Waals surface area contributed by atoms with Crippen LogP contribution in [0.3, 0.4) is 0 Å². The highest BCUT2D eigenvalue weighted by atomic mass is 16.5. The molecule has 102 valence electrons. The van der Waals surface area contributed by atoms with Crippen molar-refractivity contribution in [2.45, 2.75) is 20.5 Å². The Morgan fingerprint density at radius 2 is 1.85 bits per heavy atom. The maximum atomic E-state index is 5.88. The van der Waals surface area contributed by atoms with Gasteiger partial charge in [0.05, 0.1) is 13.1 Å². The van der Waals surface area contributed by atoms with Gasteiger partial charge in [-0.1, -0.05) is 30.3 Å². The highest BCUT2D eigenvalue weighted by Crippen LogP contribution is 2.17. The normalized spacial score (nSPS) is 10.9. The van der Waals surface area contributed by atoms with Gasteiger partial charge in [0, 0.05) is 19.9 Å². The number of hydrogen-bond donors (Lipinski definition) is 0. The molecule has 0 saturated heterocycles. The third-order valence-electron chi connectivity index (χ3n) is 3.89. The van der Waals surface area contributed by atoms with Crippen LogP contribution in [0.4, 0.5) is 0 Å². The van der Waals surface area contributed by atoms with Crippen LogP contribution in [0.1, 0.15) is 17.0 Å². The minimum atomic E-state index is 0.597. The molecule has 0 spiro atoms. The molecule has 1 aromatic carbocycles. The van der Waals surface area contributed by atoms with Crippen LogP contribution in [0.5, 0.6) is 5.75 Å². The minimum Gasteiger partial charge on any atom is -0.488 e. The highest BCUT2D eigenvalue weighted by molar-refractivity contribution is 5.42. The Morgan fingerprint density at radius 3 is 2.60 bits per heavy atom. The first-order valence-corrected chi connectivity index (χ1v) is 6.81.